The van der Waals surface area contributed by atoms with Gasteiger partial charge >= 0.3 is 0 Å². The van der Waals surface area contributed by atoms with Crippen LogP contribution >= 0.6 is 15.9 Å². The number of hydrogen-bond acceptors (Lipinski definition) is 3. The van der Waals surface area contributed by atoms with Crippen LogP contribution in [0.15, 0.2) is 16.6 Å². The molecule has 1 aliphatic rings. The van der Waals surface area contributed by atoms with Crippen molar-refractivity contribution in [3.63, 3.8) is 0 Å². The van der Waals surface area contributed by atoms with Gasteiger partial charge in [0.05, 0.1) is 7.11 Å². The van der Waals surface area contributed by atoms with Crippen LogP contribution in [-0.4, -0.2) is 25.3 Å². The number of hydrogen-bond donors (Lipinski definition) is 2. The number of nitrogens with one attached hydrogen (secondary N) is 1. The quantitative estimate of drug-likeness (QED) is 0.867. The molecule has 0 aliphatic carbocycles. The highest BCUT2D eigenvalue weighted by molar-refractivity contribution is 9.10. The second kappa shape index (κ2) is 4.41. The summed E-state index contributed by atoms with van der Waals surface area (Å²) in [7, 11) is 1.57. The third kappa shape index (κ3) is 2.11. The van der Waals surface area contributed by atoms with E-state index in [4.69, 9.17) is 4.74 Å². The van der Waals surface area contributed by atoms with Crippen molar-refractivity contribution in [3.8, 4) is 11.5 Å². The Kier molecular flexibility index (Phi) is 3.17. The van der Waals surface area contributed by atoms with Gasteiger partial charge in [-0.15, -0.1) is 0 Å². The fourth-order valence-corrected chi connectivity index (χ4v) is 2.61. The zero-order valence-corrected chi connectivity index (χ0v) is 10.2. The molecule has 0 saturated carbocycles. The number of rotatable bonds is 2. The number of phenolic OH excluding ortho intramolecular Hbond substituents is 1. The molecule has 1 heterocycles. The Morgan fingerprint density at radius 1 is 1.53 bits per heavy atom. The molecule has 1 atom stereocenters. The Bertz CT molecular complexity index is 362. The smallest absolute Gasteiger partial charge is 0.160 e. The summed E-state index contributed by atoms with van der Waals surface area (Å²) in [4.78, 5) is 0. The molecule has 0 radical (unpaired) electrons. The molecule has 2 rings (SSSR count). The lowest BCUT2D eigenvalue weighted by Crippen LogP contribution is -2.08. The van der Waals surface area contributed by atoms with Crippen LogP contribution in [0.25, 0.3) is 0 Å². The van der Waals surface area contributed by atoms with Gasteiger partial charge in [-0.1, -0.05) is 15.9 Å². The average Bonchev–Trinajstić information content (AvgIpc) is 2.71. The maximum atomic E-state index is 9.59. The molecule has 1 unspecified atom stereocenters. The summed E-state index contributed by atoms with van der Waals surface area (Å²) in [5.74, 6) is 1.23. The fourth-order valence-electron chi connectivity index (χ4n) is 1.96. The molecule has 1 fully saturated rings. The van der Waals surface area contributed by atoms with Gasteiger partial charge in [-0.05, 0) is 36.6 Å². The van der Waals surface area contributed by atoms with E-state index in [1.54, 1.807) is 13.2 Å². The van der Waals surface area contributed by atoms with E-state index in [2.05, 4.69) is 21.2 Å². The Balaban J connectivity index is 2.37. The molecule has 0 aromatic heterocycles. The van der Waals surface area contributed by atoms with E-state index in [1.165, 1.54) is 5.56 Å². The van der Waals surface area contributed by atoms with Crippen molar-refractivity contribution in [2.45, 2.75) is 12.3 Å². The van der Waals surface area contributed by atoms with Gasteiger partial charge in [-0.3, -0.25) is 0 Å². The molecular weight excluding hydrogens is 258 g/mol. The minimum Gasteiger partial charge on any atom is -0.504 e. The monoisotopic (exact) mass is 271 g/mol. The van der Waals surface area contributed by atoms with Gasteiger partial charge in [-0.25, -0.2) is 0 Å². The highest BCUT2D eigenvalue weighted by Crippen LogP contribution is 2.37. The van der Waals surface area contributed by atoms with Gasteiger partial charge in [-0.2, -0.15) is 0 Å². The highest BCUT2D eigenvalue weighted by Gasteiger charge is 2.20. The first-order valence-corrected chi connectivity index (χ1v) is 5.78. The lowest BCUT2D eigenvalue weighted by Gasteiger charge is -2.13. The first-order chi connectivity index (χ1) is 7.22. The second-order valence-corrected chi connectivity index (χ2v) is 4.59. The third-order valence-corrected chi connectivity index (χ3v) is 3.49. The predicted molar refractivity (Wildman–Crippen MR) is 62.6 cm³/mol. The van der Waals surface area contributed by atoms with Gasteiger partial charge in [0, 0.05) is 11.0 Å². The molecule has 82 valence electrons. The molecule has 1 aromatic rings. The second-order valence-electron chi connectivity index (χ2n) is 3.74. The van der Waals surface area contributed by atoms with E-state index in [0.717, 1.165) is 24.0 Å². The lowest BCUT2D eigenvalue weighted by molar-refractivity contribution is 0.372. The maximum absolute atomic E-state index is 9.59. The van der Waals surface area contributed by atoms with Crippen LogP contribution < -0.4 is 10.1 Å². The molecule has 1 aliphatic heterocycles. The molecule has 0 spiro atoms. The lowest BCUT2D eigenvalue weighted by atomic mass is 9.98. The van der Waals surface area contributed by atoms with E-state index in [-0.39, 0.29) is 5.75 Å². The van der Waals surface area contributed by atoms with Crippen molar-refractivity contribution >= 4 is 15.9 Å². The van der Waals surface area contributed by atoms with Crippen LogP contribution in [0.3, 0.4) is 0 Å². The van der Waals surface area contributed by atoms with Gasteiger partial charge in [0.2, 0.25) is 0 Å². The summed E-state index contributed by atoms with van der Waals surface area (Å²) < 4.78 is 6.06. The largest absolute Gasteiger partial charge is 0.504 e. The normalized spacial score (nSPS) is 20.5. The van der Waals surface area contributed by atoms with Gasteiger partial charge in [0.25, 0.3) is 0 Å². The first-order valence-electron chi connectivity index (χ1n) is 4.99. The topological polar surface area (TPSA) is 41.5 Å². The fraction of sp³-hybridized carbons (Fsp3) is 0.455. The summed E-state index contributed by atoms with van der Waals surface area (Å²) in [6, 6.07) is 3.61. The van der Waals surface area contributed by atoms with E-state index >= 15 is 0 Å². The van der Waals surface area contributed by atoms with Crippen LogP contribution in [0.1, 0.15) is 17.9 Å². The van der Waals surface area contributed by atoms with Crippen molar-refractivity contribution < 1.29 is 9.84 Å². The summed E-state index contributed by atoms with van der Waals surface area (Å²) in [5.41, 5.74) is 1.20. The van der Waals surface area contributed by atoms with Crippen LogP contribution in [0, 0.1) is 0 Å². The number of ether oxygens (including phenoxy) is 1. The van der Waals surface area contributed by atoms with Crippen LogP contribution in [0.5, 0.6) is 11.5 Å². The number of benzene rings is 1. The molecule has 15 heavy (non-hydrogen) atoms. The molecule has 3 nitrogen and oxygen atoms in total. The van der Waals surface area contributed by atoms with Gasteiger partial charge < -0.3 is 15.2 Å². The average molecular weight is 272 g/mol. The van der Waals surface area contributed by atoms with Crippen LogP contribution in [0.2, 0.25) is 0 Å². The van der Waals surface area contributed by atoms with Crippen molar-refractivity contribution in [1.82, 2.24) is 5.32 Å². The van der Waals surface area contributed by atoms with E-state index in [9.17, 15) is 5.11 Å². The SMILES string of the molecule is COc1cc(C2CCNC2)c(Br)cc1O. The molecule has 0 bridgehead atoms. The minimum atomic E-state index is 0.180. The van der Waals surface area contributed by atoms with Crippen LogP contribution in [0.4, 0.5) is 0 Å². The minimum absolute atomic E-state index is 0.180. The van der Waals surface area contributed by atoms with Gasteiger partial charge in [0.15, 0.2) is 11.5 Å². The standard InChI is InChI=1S/C11H14BrNO2/c1-15-11-4-8(7-2-3-13-6-7)9(12)5-10(11)14/h4-5,7,13-14H,2-3,6H2,1H3. The Labute approximate surface area is 97.6 Å². The number of phenols is 1. The predicted octanol–water partition coefficient (Wildman–Crippen LogP) is 2.24. The maximum Gasteiger partial charge on any atom is 0.160 e. The molecule has 2 N–H and O–H groups in total. The van der Waals surface area contributed by atoms with Crippen molar-refractivity contribution in [2.24, 2.45) is 0 Å². The number of halogens is 1. The highest BCUT2D eigenvalue weighted by atomic mass is 79.9. The third-order valence-electron chi connectivity index (χ3n) is 2.80. The summed E-state index contributed by atoms with van der Waals surface area (Å²) in [6.07, 6.45) is 1.13. The van der Waals surface area contributed by atoms with Gasteiger partial charge in [0.1, 0.15) is 0 Å². The Hall–Kier alpha value is -0.740. The summed E-state index contributed by atoms with van der Waals surface area (Å²) in [6.45, 7) is 2.05. The molecule has 0 amide bonds. The molecule has 1 aromatic carbocycles. The Morgan fingerprint density at radius 3 is 2.93 bits per heavy atom. The zero-order valence-electron chi connectivity index (χ0n) is 8.59. The molecule has 1 saturated heterocycles. The number of aromatic hydroxyl groups is 1. The molecule has 4 heteroatoms. The van der Waals surface area contributed by atoms with E-state index in [1.807, 2.05) is 6.07 Å². The summed E-state index contributed by atoms with van der Waals surface area (Å²) in [5, 5.41) is 12.9. The van der Waals surface area contributed by atoms with Crippen LogP contribution in [-0.2, 0) is 0 Å². The first kappa shape index (κ1) is 10.8. The molecular formula is C11H14BrNO2. The van der Waals surface area contributed by atoms with Crippen molar-refractivity contribution in [1.29, 1.82) is 0 Å². The van der Waals surface area contributed by atoms with E-state index in [0.29, 0.717) is 11.7 Å². The Morgan fingerprint density at radius 2 is 2.33 bits per heavy atom. The summed E-state index contributed by atoms with van der Waals surface area (Å²) >= 11 is 3.48. The number of methoxy groups -OCH3 is 1. The van der Waals surface area contributed by atoms with Crippen molar-refractivity contribution in [3.05, 3.63) is 22.2 Å². The van der Waals surface area contributed by atoms with E-state index < -0.39 is 0 Å². The van der Waals surface area contributed by atoms with Crippen molar-refractivity contribution in [2.75, 3.05) is 20.2 Å². The zero-order chi connectivity index (χ0) is 10.8.